The highest BCUT2D eigenvalue weighted by atomic mass is 32.1. The van der Waals surface area contributed by atoms with E-state index < -0.39 is 0 Å². The van der Waals surface area contributed by atoms with E-state index in [1.54, 1.807) is 23.5 Å². The lowest BCUT2D eigenvalue weighted by atomic mass is 10.1. The minimum atomic E-state index is -0.158. The number of carbonyl (C=O) groups is 1. The number of carbonyl (C=O) groups excluding carboxylic acids is 1. The van der Waals surface area contributed by atoms with E-state index in [9.17, 15) is 4.79 Å². The number of hydrogen-bond donors (Lipinski definition) is 2. The molecule has 1 aromatic heterocycles. The molecule has 0 bridgehead atoms. The van der Waals surface area contributed by atoms with Crippen LogP contribution in [0.4, 0.5) is 5.69 Å². The number of nitrogens with two attached hydrogens (primary N) is 1. The second kappa shape index (κ2) is 5.84. The summed E-state index contributed by atoms with van der Waals surface area (Å²) in [5.41, 5.74) is 7.84. The van der Waals surface area contributed by atoms with Crippen molar-refractivity contribution in [2.75, 3.05) is 5.73 Å². The van der Waals surface area contributed by atoms with Crippen LogP contribution in [0.25, 0.3) is 0 Å². The van der Waals surface area contributed by atoms with E-state index in [4.69, 9.17) is 5.73 Å². The minimum absolute atomic E-state index is 0.158. The molecule has 0 fully saturated rings. The van der Waals surface area contributed by atoms with Crippen molar-refractivity contribution in [1.29, 1.82) is 0 Å². The van der Waals surface area contributed by atoms with Crippen LogP contribution >= 0.6 is 11.3 Å². The van der Waals surface area contributed by atoms with Crippen molar-refractivity contribution in [2.45, 2.75) is 26.8 Å². The van der Waals surface area contributed by atoms with Crippen LogP contribution in [-0.4, -0.2) is 10.9 Å². The monoisotopic (exact) mass is 275 g/mol. The van der Waals surface area contributed by atoms with E-state index in [-0.39, 0.29) is 5.91 Å². The molecule has 19 heavy (non-hydrogen) atoms. The third kappa shape index (κ3) is 3.32. The van der Waals surface area contributed by atoms with Crippen LogP contribution in [-0.2, 0) is 13.0 Å². The normalized spacial score (nSPS) is 10.4. The Kier molecular flexibility index (Phi) is 4.16. The maximum Gasteiger partial charge on any atom is 0.253 e. The summed E-state index contributed by atoms with van der Waals surface area (Å²) in [7, 11) is 0. The molecule has 0 atom stereocenters. The molecule has 5 heteroatoms. The van der Waals surface area contributed by atoms with Gasteiger partial charge in [0.05, 0.1) is 12.1 Å². The van der Waals surface area contributed by atoms with Gasteiger partial charge in [0.25, 0.3) is 5.91 Å². The fraction of sp³-hybridized carbons (Fsp3) is 0.286. The van der Waals surface area contributed by atoms with Crippen LogP contribution in [0.2, 0.25) is 0 Å². The predicted octanol–water partition coefficient (Wildman–Crippen LogP) is 2.53. The highest BCUT2D eigenvalue weighted by Gasteiger charge is 2.10. The van der Waals surface area contributed by atoms with Crippen LogP contribution < -0.4 is 11.1 Å². The molecule has 4 nitrogen and oxygen atoms in total. The Balaban J connectivity index is 2.03. The van der Waals surface area contributed by atoms with Crippen molar-refractivity contribution in [3.05, 3.63) is 45.4 Å². The van der Waals surface area contributed by atoms with Gasteiger partial charge in [0.15, 0.2) is 0 Å². The number of nitrogen functional groups attached to an aromatic ring is 1. The number of hydrogen-bond acceptors (Lipinski definition) is 4. The van der Waals surface area contributed by atoms with E-state index in [1.165, 1.54) is 4.88 Å². The van der Waals surface area contributed by atoms with Gasteiger partial charge in [0.2, 0.25) is 0 Å². The molecule has 1 aromatic carbocycles. The van der Waals surface area contributed by atoms with Crippen molar-refractivity contribution >= 4 is 22.9 Å². The number of benzene rings is 1. The lowest BCUT2D eigenvalue weighted by Crippen LogP contribution is -2.23. The van der Waals surface area contributed by atoms with Crippen molar-refractivity contribution in [3.63, 3.8) is 0 Å². The van der Waals surface area contributed by atoms with Gasteiger partial charge < -0.3 is 11.1 Å². The summed E-state index contributed by atoms with van der Waals surface area (Å²) in [4.78, 5) is 17.5. The number of amides is 1. The molecule has 3 N–H and O–H groups in total. The zero-order chi connectivity index (χ0) is 13.8. The number of anilines is 1. The van der Waals surface area contributed by atoms with Crippen molar-refractivity contribution in [2.24, 2.45) is 0 Å². The average Bonchev–Trinajstić information content (AvgIpc) is 2.87. The Morgan fingerprint density at radius 1 is 1.47 bits per heavy atom. The minimum Gasteiger partial charge on any atom is -0.398 e. The quantitative estimate of drug-likeness (QED) is 0.842. The van der Waals surface area contributed by atoms with Gasteiger partial charge in [-0.1, -0.05) is 18.6 Å². The zero-order valence-electron chi connectivity index (χ0n) is 11.1. The van der Waals surface area contributed by atoms with E-state index >= 15 is 0 Å². The third-order valence-electron chi connectivity index (χ3n) is 2.80. The number of nitrogens with zero attached hydrogens (tertiary/aromatic N) is 1. The molecule has 2 rings (SSSR count). The van der Waals surface area contributed by atoms with E-state index in [2.05, 4.69) is 17.2 Å². The zero-order valence-corrected chi connectivity index (χ0v) is 11.9. The summed E-state index contributed by atoms with van der Waals surface area (Å²) in [6.45, 7) is 4.46. The van der Waals surface area contributed by atoms with Gasteiger partial charge in [-0.05, 0) is 25.5 Å². The average molecular weight is 275 g/mol. The highest BCUT2D eigenvalue weighted by Crippen LogP contribution is 2.15. The fourth-order valence-electron chi connectivity index (χ4n) is 1.71. The van der Waals surface area contributed by atoms with Crippen LogP contribution in [0.15, 0.2) is 24.4 Å². The largest absolute Gasteiger partial charge is 0.398 e. The molecular weight excluding hydrogens is 258 g/mol. The second-order valence-electron chi connectivity index (χ2n) is 4.35. The molecule has 0 aliphatic carbocycles. The number of rotatable bonds is 4. The second-order valence-corrected chi connectivity index (χ2v) is 5.55. The number of aromatic nitrogens is 1. The van der Waals surface area contributed by atoms with E-state index in [0.717, 1.165) is 17.0 Å². The number of thiazole rings is 1. The SMILES string of the molecule is CCc1cnc(CNC(=O)c2cc(C)ccc2N)s1. The van der Waals surface area contributed by atoms with Gasteiger partial charge in [-0.3, -0.25) is 4.79 Å². The van der Waals surface area contributed by atoms with Crippen molar-refractivity contribution in [1.82, 2.24) is 10.3 Å². The Morgan fingerprint density at radius 3 is 2.95 bits per heavy atom. The summed E-state index contributed by atoms with van der Waals surface area (Å²) >= 11 is 1.62. The van der Waals surface area contributed by atoms with Crippen molar-refractivity contribution in [3.8, 4) is 0 Å². The first-order chi connectivity index (χ1) is 9.10. The Labute approximate surface area is 116 Å². The summed E-state index contributed by atoms with van der Waals surface area (Å²) in [5, 5.41) is 3.76. The van der Waals surface area contributed by atoms with Crippen LogP contribution in [0.3, 0.4) is 0 Å². The third-order valence-corrected chi connectivity index (χ3v) is 3.95. The van der Waals surface area contributed by atoms with Crippen LogP contribution in [0.1, 0.15) is 32.7 Å². The molecule has 1 amide bonds. The first kappa shape index (κ1) is 13.5. The van der Waals surface area contributed by atoms with Gasteiger partial charge in [0.1, 0.15) is 5.01 Å². The molecular formula is C14H17N3OS. The maximum absolute atomic E-state index is 12.1. The smallest absolute Gasteiger partial charge is 0.253 e. The highest BCUT2D eigenvalue weighted by molar-refractivity contribution is 7.11. The van der Waals surface area contributed by atoms with Gasteiger partial charge in [-0.2, -0.15) is 0 Å². The lowest BCUT2D eigenvalue weighted by Gasteiger charge is -2.07. The van der Waals surface area contributed by atoms with Gasteiger partial charge in [0, 0.05) is 16.8 Å². The maximum atomic E-state index is 12.1. The predicted molar refractivity (Wildman–Crippen MR) is 78.3 cm³/mol. The first-order valence-electron chi connectivity index (χ1n) is 6.18. The van der Waals surface area contributed by atoms with Crippen LogP contribution in [0.5, 0.6) is 0 Å². The van der Waals surface area contributed by atoms with Crippen LogP contribution in [0, 0.1) is 6.92 Å². The lowest BCUT2D eigenvalue weighted by molar-refractivity contribution is 0.0951. The molecule has 100 valence electrons. The summed E-state index contributed by atoms with van der Waals surface area (Å²) in [6.07, 6.45) is 2.82. The Morgan fingerprint density at radius 2 is 2.26 bits per heavy atom. The molecule has 1 heterocycles. The molecule has 0 saturated carbocycles. The fourth-order valence-corrected chi connectivity index (χ4v) is 2.51. The Hall–Kier alpha value is -1.88. The van der Waals surface area contributed by atoms with Gasteiger partial charge >= 0.3 is 0 Å². The Bertz CT molecular complexity index is 592. The standard InChI is InChI=1S/C14H17N3OS/c1-3-10-7-16-13(19-10)8-17-14(18)11-6-9(2)4-5-12(11)15/h4-7H,3,8,15H2,1-2H3,(H,17,18). The molecule has 0 spiro atoms. The molecule has 0 saturated heterocycles. The van der Waals surface area contributed by atoms with E-state index in [1.807, 2.05) is 19.2 Å². The topological polar surface area (TPSA) is 68.0 Å². The van der Waals surface area contributed by atoms with E-state index in [0.29, 0.717) is 17.8 Å². The summed E-state index contributed by atoms with van der Waals surface area (Å²) in [6, 6.07) is 5.44. The number of nitrogens with one attached hydrogen (secondary N) is 1. The van der Waals surface area contributed by atoms with Crippen molar-refractivity contribution < 1.29 is 4.79 Å². The van der Waals surface area contributed by atoms with Gasteiger partial charge in [-0.15, -0.1) is 11.3 Å². The first-order valence-corrected chi connectivity index (χ1v) is 6.99. The molecule has 0 unspecified atom stereocenters. The molecule has 0 aliphatic rings. The summed E-state index contributed by atoms with van der Waals surface area (Å²) in [5.74, 6) is -0.158. The number of aryl methyl sites for hydroxylation is 2. The molecule has 0 radical (unpaired) electrons. The molecule has 0 aliphatic heterocycles. The summed E-state index contributed by atoms with van der Waals surface area (Å²) < 4.78 is 0. The van der Waals surface area contributed by atoms with Gasteiger partial charge in [-0.25, -0.2) is 4.98 Å². The molecule has 2 aromatic rings.